The smallest absolute Gasteiger partial charge is 0.435 e. The van der Waals surface area contributed by atoms with Gasteiger partial charge in [0.05, 0.1) is 12.1 Å². The second-order valence-corrected chi connectivity index (χ2v) is 5.22. The molecule has 2 rings (SSSR count). The zero-order valence-electron chi connectivity index (χ0n) is 12.8. The molecule has 1 unspecified atom stereocenters. The minimum atomic E-state index is -1.17. The predicted molar refractivity (Wildman–Crippen MR) is 82.1 cm³/mol. The van der Waals surface area contributed by atoms with Crippen molar-refractivity contribution < 1.29 is 19.4 Å². The van der Waals surface area contributed by atoms with Crippen LogP contribution in [0.2, 0.25) is 0 Å². The maximum atomic E-state index is 12.2. The standard InChI is InChI=1S/C16H20N2O4/c1-3-7-11(4-2)10-22-16(21)18-13-9-6-5-8-12(13)14(17-18)15(19)20/h5-6,8-9,11H,3-4,7,10H2,1-2H3,(H,19,20). The Balaban J connectivity index is 2.23. The Morgan fingerprint density at radius 1 is 1.32 bits per heavy atom. The summed E-state index contributed by atoms with van der Waals surface area (Å²) in [6.45, 7) is 4.46. The number of fused-ring (bicyclic) bond motifs is 1. The molecule has 2 aromatic rings. The summed E-state index contributed by atoms with van der Waals surface area (Å²) < 4.78 is 6.33. The van der Waals surface area contributed by atoms with Gasteiger partial charge in [0.15, 0.2) is 5.69 Å². The van der Waals surface area contributed by atoms with E-state index in [0.717, 1.165) is 23.9 Å². The summed E-state index contributed by atoms with van der Waals surface area (Å²) in [6.07, 6.45) is 2.31. The van der Waals surface area contributed by atoms with E-state index in [4.69, 9.17) is 4.74 Å². The Labute approximate surface area is 128 Å². The van der Waals surface area contributed by atoms with E-state index in [2.05, 4.69) is 18.9 Å². The van der Waals surface area contributed by atoms with Crippen LogP contribution >= 0.6 is 0 Å². The number of hydrogen-bond acceptors (Lipinski definition) is 4. The Hall–Kier alpha value is -2.37. The van der Waals surface area contributed by atoms with E-state index in [9.17, 15) is 14.7 Å². The third-order valence-electron chi connectivity index (χ3n) is 3.68. The average molecular weight is 304 g/mol. The van der Waals surface area contributed by atoms with Crippen LogP contribution < -0.4 is 0 Å². The molecule has 0 bridgehead atoms. The summed E-state index contributed by atoms with van der Waals surface area (Å²) in [5.41, 5.74) is 0.293. The molecule has 0 aliphatic rings. The van der Waals surface area contributed by atoms with Gasteiger partial charge in [0.25, 0.3) is 0 Å². The van der Waals surface area contributed by atoms with Gasteiger partial charge >= 0.3 is 12.1 Å². The molecule has 0 fully saturated rings. The van der Waals surface area contributed by atoms with Crippen molar-refractivity contribution in [3.63, 3.8) is 0 Å². The van der Waals surface area contributed by atoms with Gasteiger partial charge in [-0.1, -0.05) is 44.9 Å². The van der Waals surface area contributed by atoms with E-state index in [-0.39, 0.29) is 5.69 Å². The topological polar surface area (TPSA) is 81.4 Å². The van der Waals surface area contributed by atoms with Crippen LogP contribution in [0.1, 0.15) is 43.6 Å². The van der Waals surface area contributed by atoms with Crippen molar-refractivity contribution in [2.45, 2.75) is 33.1 Å². The van der Waals surface area contributed by atoms with Crippen LogP contribution in [0.5, 0.6) is 0 Å². The zero-order valence-corrected chi connectivity index (χ0v) is 12.8. The number of nitrogens with zero attached hydrogens (tertiary/aromatic N) is 2. The molecule has 0 aliphatic heterocycles. The summed E-state index contributed by atoms with van der Waals surface area (Å²) in [6, 6.07) is 6.71. The van der Waals surface area contributed by atoms with Crippen LogP contribution in [0, 0.1) is 5.92 Å². The molecule has 1 N–H and O–H groups in total. The highest BCUT2D eigenvalue weighted by molar-refractivity contribution is 6.03. The number of ether oxygens (including phenoxy) is 1. The molecule has 1 atom stereocenters. The molecule has 22 heavy (non-hydrogen) atoms. The van der Waals surface area contributed by atoms with Gasteiger partial charge in [0, 0.05) is 5.39 Å². The summed E-state index contributed by atoms with van der Waals surface area (Å²) in [7, 11) is 0. The third-order valence-corrected chi connectivity index (χ3v) is 3.68. The third kappa shape index (κ3) is 3.27. The molecule has 0 spiro atoms. The number of aromatic nitrogens is 2. The number of carbonyl (C=O) groups is 2. The lowest BCUT2D eigenvalue weighted by atomic mass is 10.0. The number of rotatable bonds is 6. The summed E-state index contributed by atoms with van der Waals surface area (Å²) >= 11 is 0. The van der Waals surface area contributed by atoms with Crippen molar-refractivity contribution in [1.82, 2.24) is 9.78 Å². The van der Waals surface area contributed by atoms with Gasteiger partial charge in [-0.25, -0.2) is 9.59 Å². The van der Waals surface area contributed by atoms with Crippen molar-refractivity contribution >= 4 is 23.0 Å². The SMILES string of the molecule is CCCC(CC)COC(=O)n1nc(C(=O)O)c2ccccc21. The molecule has 1 aromatic carbocycles. The molecule has 0 saturated heterocycles. The lowest BCUT2D eigenvalue weighted by molar-refractivity contribution is 0.0691. The highest BCUT2D eigenvalue weighted by Gasteiger charge is 2.21. The van der Waals surface area contributed by atoms with Crippen molar-refractivity contribution in [2.24, 2.45) is 5.92 Å². The number of carboxylic acid groups (broad SMARTS) is 1. The molecule has 6 nitrogen and oxygen atoms in total. The van der Waals surface area contributed by atoms with Gasteiger partial charge in [0.1, 0.15) is 0 Å². The maximum Gasteiger partial charge on any atom is 0.435 e. The lowest BCUT2D eigenvalue weighted by Gasteiger charge is -2.13. The first kappa shape index (κ1) is 16.0. The number of hydrogen-bond donors (Lipinski definition) is 1. The van der Waals surface area contributed by atoms with Gasteiger partial charge in [-0.05, 0) is 18.4 Å². The van der Waals surface area contributed by atoms with Crippen LogP contribution in [-0.4, -0.2) is 33.6 Å². The maximum absolute atomic E-state index is 12.2. The van der Waals surface area contributed by atoms with Gasteiger partial charge in [-0.3, -0.25) is 0 Å². The molecule has 0 aliphatic carbocycles. The van der Waals surface area contributed by atoms with E-state index in [1.807, 2.05) is 0 Å². The molecule has 6 heteroatoms. The Kier molecular flexibility index (Phi) is 5.14. The molecular weight excluding hydrogens is 284 g/mol. The Bertz CT molecular complexity index is 678. The van der Waals surface area contributed by atoms with E-state index in [1.165, 1.54) is 0 Å². The van der Waals surface area contributed by atoms with Crippen LogP contribution in [0.25, 0.3) is 10.9 Å². The fourth-order valence-electron chi connectivity index (χ4n) is 2.43. The van der Waals surface area contributed by atoms with Crippen molar-refractivity contribution in [3.8, 4) is 0 Å². The number of carbonyl (C=O) groups excluding carboxylic acids is 1. The molecule has 0 amide bonds. The van der Waals surface area contributed by atoms with Crippen molar-refractivity contribution in [2.75, 3.05) is 6.61 Å². The molecule has 1 heterocycles. The molecular formula is C16H20N2O4. The second-order valence-electron chi connectivity index (χ2n) is 5.22. The highest BCUT2D eigenvalue weighted by Crippen LogP contribution is 2.19. The van der Waals surface area contributed by atoms with E-state index in [0.29, 0.717) is 23.4 Å². The summed E-state index contributed by atoms with van der Waals surface area (Å²) in [5.74, 6) is -0.852. The predicted octanol–water partition coefficient (Wildman–Crippen LogP) is 3.55. The molecule has 118 valence electrons. The van der Waals surface area contributed by atoms with Crippen molar-refractivity contribution in [1.29, 1.82) is 0 Å². The van der Waals surface area contributed by atoms with E-state index in [1.54, 1.807) is 24.3 Å². The van der Waals surface area contributed by atoms with Crippen LogP contribution in [-0.2, 0) is 4.74 Å². The second kappa shape index (κ2) is 7.06. The number of para-hydroxylation sites is 1. The highest BCUT2D eigenvalue weighted by atomic mass is 16.6. The largest absolute Gasteiger partial charge is 0.476 e. The number of benzene rings is 1. The minimum Gasteiger partial charge on any atom is -0.476 e. The Morgan fingerprint density at radius 3 is 2.68 bits per heavy atom. The zero-order chi connectivity index (χ0) is 16.1. The summed E-state index contributed by atoms with van der Waals surface area (Å²) in [5, 5.41) is 13.5. The molecule has 0 radical (unpaired) electrons. The van der Waals surface area contributed by atoms with Crippen LogP contribution in [0.3, 0.4) is 0 Å². The average Bonchev–Trinajstić information content (AvgIpc) is 2.91. The monoisotopic (exact) mass is 304 g/mol. The van der Waals surface area contributed by atoms with Gasteiger partial charge in [0.2, 0.25) is 0 Å². The first-order chi connectivity index (χ1) is 10.6. The van der Waals surface area contributed by atoms with E-state index < -0.39 is 12.1 Å². The number of aromatic carboxylic acids is 1. The summed E-state index contributed by atoms with van der Waals surface area (Å²) in [4.78, 5) is 23.4. The van der Waals surface area contributed by atoms with Gasteiger partial charge in [-0.15, -0.1) is 0 Å². The first-order valence-corrected chi connectivity index (χ1v) is 7.46. The van der Waals surface area contributed by atoms with Crippen LogP contribution in [0.15, 0.2) is 24.3 Å². The molecule has 0 saturated carbocycles. The van der Waals surface area contributed by atoms with Gasteiger partial charge in [-0.2, -0.15) is 9.78 Å². The quantitative estimate of drug-likeness (QED) is 0.882. The fourth-order valence-corrected chi connectivity index (χ4v) is 2.43. The first-order valence-electron chi connectivity index (χ1n) is 7.46. The lowest BCUT2D eigenvalue weighted by Crippen LogP contribution is -2.20. The van der Waals surface area contributed by atoms with E-state index >= 15 is 0 Å². The van der Waals surface area contributed by atoms with Gasteiger partial charge < -0.3 is 9.84 Å². The number of carboxylic acids is 1. The molecule has 1 aromatic heterocycles. The van der Waals surface area contributed by atoms with Crippen molar-refractivity contribution in [3.05, 3.63) is 30.0 Å². The fraction of sp³-hybridized carbons (Fsp3) is 0.438. The van der Waals surface area contributed by atoms with Crippen LogP contribution in [0.4, 0.5) is 4.79 Å². The Morgan fingerprint density at radius 2 is 2.05 bits per heavy atom. The normalized spacial score (nSPS) is 12.3. The minimum absolute atomic E-state index is 0.145.